The van der Waals surface area contributed by atoms with Crippen LogP contribution in [-0.2, 0) is 4.79 Å². The molecule has 0 aliphatic carbocycles. The van der Waals surface area contributed by atoms with Gasteiger partial charge >= 0.3 is 0 Å². The highest BCUT2D eigenvalue weighted by Crippen LogP contribution is 2.39. The van der Waals surface area contributed by atoms with Crippen LogP contribution in [0.25, 0.3) is 0 Å². The fourth-order valence-corrected chi connectivity index (χ4v) is 2.25. The van der Waals surface area contributed by atoms with Crippen molar-refractivity contribution < 1.29 is 4.79 Å². The molecule has 1 rings (SSSR count). The normalized spacial score (nSPS) is 25.6. The predicted molar refractivity (Wildman–Crippen MR) is 49.6 cm³/mol. The fourth-order valence-electron chi connectivity index (χ4n) is 1.16. The second-order valence-electron chi connectivity index (χ2n) is 4.02. The van der Waals surface area contributed by atoms with Crippen LogP contribution in [0.5, 0.6) is 0 Å². The number of carbonyl (C=O) groups is 1. The zero-order valence-electron chi connectivity index (χ0n) is 7.47. The molecule has 0 aromatic rings. The molecule has 0 saturated heterocycles. The van der Waals surface area contributed by atoms with E-state index in [0.29, 0.717) is 0 Å². The molecule has 1 aliphatic rings. The monoisotopic (exact) mass is 170 g/mol. The Morgan fingerprint density at radius 1 is 1.45 bits per heavy atom. The number of hydrogen-bond acceptors (Lipinski definition) is 2. The third kappa shape index (κ3) is 1.86. The summed E-state index contributed by atoms with van der Waals surface area (Å²) in [5, 5.41) is 0.141. The van der Waals surface area contributed by atoms with Gasteiger partial charge in [0, 0.05) is 0 Å². The molecule has 62 valence electrons. The maximum atomic E-state index is 11.3. The van der Waals surface area contributed by atoms with E-state index >= 15 is 0 Å². The van der Waals surface area contributed by atoms with Gasteiger partial charge in [0.15, 0.2) is 5.78 Å². The first-order valence-electron chi connectivity index (χ1n) is 3.80. The Balaban J connectivity index is 2.75. The number of rotatable bonds is 0. The molecule has 0 amide bonds. The van der Waals surface area contributed by atoms with Gasteiger partial charge in [0.1, 0.15) is 0 Å². The van der Waals surface area contributed by atoms with Crippen LogP contribution in [0.2, 0.25) is 0 Å². The summed E-state index contributed by atoms with van der Waals surface area (Å²) < 4.78 is 0. The zero-order chi connectivity index (χ0) is 8.65. The van der Waals surface area contributed by atoms with Gasteiger partial charge in [0.05, 0.1) is 5.25 Å². The number of allylic oxidation sites excluding steroid dienone is 2. The van der Waals surface area contributed by atoms with Crippen LogP contribution in [0.4, 0.5) is 0 Å². The number of carbonyl (C=O) groups excluding carboxylic acids is 1. The van der Waals surface area contributed by atoms with Crippen molar-refractivity contribution >= 4 is 17.5 Å². The van der Waals surface area contributed by atoms with Gasteiger partial charge in [-0.05, 0) is 23.3 Å². The van der Waals surface area contributed by atoms with E-state index in [9.17, 15) is 4.79 Å². The molecule has 0 fully saturated rings. The molecule has 1 unspecified atom stereocenters. The Hall–Kier alpha value is -0.240. The molecule has 1 aliphatic heterocycles. The average Bonchev–Trinajstić information content (AvgIpc) is 2.08. The summed E-state index contributed by atoms with van der Waals surface area (Å²) in [5.74, 6) is 0.278. The van der Waals surface area contributed by atoms with Gasteiger partial charge in [-0.1, -0.05) is 20.8 Å². The molecule has 0 N–H and O–H groups in total. The molecule has 1 heterocycles. The highest BCUT2D eigenvalue weighted by Gasteiger charge is 2.34. The summed E-state index contributed by atoms with van der Waals surface area (Å²) in [6, 6.07) is 0. The van der Waals surface area contributed by atoms with Crippen LogP contribution in [-0.4, -0.2) is 11.0 Å². The summed E-state index contributed by atoms with van der Waals surface area (Å²) in [5.41, 5.74) is 0.0933. The van der Waals surface area contributed by atoms with Crippen LogP contribution < -0.4 is 0 Å². The van der Waals surface area contributed by atoms with Gasteiger partial charge in [-0.15, -0.1) is 11.8 Å². The Labute approximate surface area is 72.2 Å². The largest absolute Gasteiger partial charge is 0.294 e. The van der Waals surface area contributed by atoms with Gasteiger partial charge in [-0.2, -0.15) is 0 Å². The summed E-state index contributed by atoms with van der Waals surface area (Å²) >= 11 is 1.69. The molecule has 0 bridgehead atoms. The molecule has 0 aromatic carbocycles. The molecule has 1 nitrogen and oxygen atoms in total. The highest BCUT2D eigenvalue weighted by molar-refractivity contribution is 8.04. The Bertz CT molecular complexity index is 210. The number of ketones is 1. The van der Waals surface area contributed by atoms with E-state index in [1.165, 1.54) is 0 Å². The third-order valence-electron chi connectivity index (χ3n) is 1.69. The maximum Gasteiger partial charge on any atom is 0.170 e. The van der Waals surface area contributed by atoms with Crippen LogP contribution in [0.1, 0.15) is 27.7 Å². The SMILES string of the molecule is CC1=CC(=O)C(C(C)(C)C)S1. The van der Waals surface area contributed by atoms with Crippen molar-refractivity contribution in [2.24, 2.45) is 5.41 Å². The predicted octanol–water partition coefficient (Wildman–Crippen LogP) is 2.62. The van der Waals surface area contributed by atoms with E-state index in [4.69, 9.17) is 0 Å². The molecule has 0 radical (unpaired) electrons. The van der Waals surface area contributed by atoms with E-state index in [-0.39, 0.29) is 16.4 Å². The van der Waals surface area contributed by atoms with Gasteiger partial charge in [0.2, 0.25) is 0 Å². The minimum absolute atomic E-state index is 0.0933. The second-order valence-corrected chi connectivity index (χ2v) is 5.37. The summed E-state index contributed by atoms with van der Waals surface area (Å²) in [4.78, 5) is 12.5. The lowest BCUT2D eigenvalue weighted by Gasteiger charge is -2.24. The Morgan fingerprint density at radius 3 is 2.18 bits per heavy atom. The van der Waals surface area contributed by atoms with Crippen LogP contribution in [0, 0.1) is 5.41 Å². The van der Waals surface area contributed by atoms with E-state index in [0.717, 1.165) is 4.91 Å². The van der Waals surface area contributed by atoms with Crippen molar-refractivity contribution in [3.05, 3.63) is 11.0 Å². The molecule has 2 heteroatoms. The van der Waals surface area contributed by atoms with Crippen molar-refractivity contribution in [3.63, 3.8) is 0 Å². The smallest absolute Gasteiger partial charge is 0.170 e. The first-order valence-corrected chi connectivity index (χ1v) is 4.68. The van der Waals surface area contributed by atoms with Gasteiger partial charge in [-0.3, -0.25) is 4.79 Å². The summed E-state index contributed by atoms with van der Waals surface area (Å²) in [6.07, 6.45) is 1.75. The average molecular weight is 170 g/mol. The van der Waals surface area contributed by atoms with Crippen molar-refractivity contribution in [1.29, 1.82) is 0 Å². The lowest BCUT2D eigenvalue weighted by atomic mass is 9.89. The third-order valence-corrected chi connectivity index (χ3v) is 3.36. The minimum Gasteiger partial charge on any atom is -0.294 e. The lowest BCUT2D eigenvalue weighted by Crippen LogP contribution is -2.27. The quantitative estimate of drug-likeness (QED) is 0.556. The highest BCUT2D eigenvalue weighted by atomic mass is 32.2. The van der Waals surface area contributed by atoms with Crippen LogP contribution in [0.15, 0.2) is 11.0 Å². The molecule has 11 heavy (non-hydrogen) atoms. The van der Waals surface area contributed by atoms with E-state index in [1.807, 2.05) is 6.92 Å². The zero-order valence-corrected chi connectivity index (χ0v) is 8.29. The van der Waals surface area contributed by atoms with E-state index < -0.39 is 0 Å². The number of thioether (sulfide) groups is 1. The molecule has 0 spiro atoms. The van der Waals surface area contributed by atoms with Crippen LogP contribution >= 0.6 is 11.8 Å². The van der Waals surface area contributed by atoms with Crippen LogP contribution in [0.3, 0.4) is 0 Å². The van der Waals surface area contributed by atoms with Crippen molar-refractivity contribution in [2.45, 2.75) is 32.9 Å². The molecular weight excluding hydrogens is 156 g/mol. The van der Waals surface area contributed by atoms with Crippen molar-refractivity contribution in [1.82, 2.24) is 0 Å². The first kappa shape index (κ1) is 8.85. The summed E-state index contributed by atoms with van der Waals surface area (Å²) in [7, 11) is 0. The molecule has 1 atom stereocenters. The summed E-state index contributed by atoms with van der Waals surface area (Å²) in [6.45, 7) is 8.31. The topological polar surface area (TPSA) is 17.1 Å². The van der Waals surface area contributed by atoms with Gasteiger partial charge in [-0.25, -0.2) is 0 Å². The molecular formula is C9H14OS. The number of hydrogen-bond donors (Lipinski definition) is 0. The Morgan fingerprint density at radius 2 is 2.00 bits per heavy atom. The lowest BCUT2D eigenvalue weighted by molar-refractivity contribution is -0.115. The minimum atomic E-state index is 0.0933. The standard InChI is InChI=1S/C9H14OS/c1-6-5-7(10)8(11-6)9(2,3)4/h5,8H,1-4H3. The maximum absolute atomic E-state index is 11.3. The molecule has 0 saturated carbocycles. The molecule has 0 aromatic heterocycles. The van der Waals surface area contributed by atoms with E-state index in [2.05, 4.69) is 20.8 Å². The van der Waals surface area contributed by atoms with Gasteiger partial charge in [0.25, 0.3) is 0 Å². The first-order chi connectivity index (χ1) is 4.91. The van der Waals surface area contributed by atoms with Gasteiger partial charge < -0.3 is 0 Å². The second kappa shape index (κ2) is 2.67. The van der Waals surface area contributed by atoms with Crippen molar-refractivity contribution in [2.75, 3.05) is 0 Å². The van der Waals surface area contributed by atoms with E-state index in [1.54, 1.807) is 17.8 Å². The Kier molecular flexibility index (Phi) is 2.15. The fraction of sp³-hybridized carbons (Fsp3) is 0.667. The van der Waals surface area contributed by atoms with Crippen molar-refractivity contribution in [3.8, 4) is 0 Å².